The molecule has 2 heterocycles. The van der Waals surface area contributed by atoms with Gasteiger partial charge in [0.05, 0.1) is 17.9 Å². The number of thioether (sulfide) groups is 1. The minimum absolute atomic E-state index is 0.0396. The number of hydrogen-bond acceptors (Lipinski definition) is 6. The van der Waals surface area contributed by atoms with E-state index in [0.717, 1.165) is 18.2 Å². The van der Waals surface area contributed by atoms with Gasteiger partial charge in [-0.15, -0.1) is 11.8 Å². The van der Waals surface area contributed by atoms with Crippen molar-refractivity contribution in [2.45, 2.75) is 43.0 Å². The molecule has 3 atom stereocenters. The molecule has 4 rings (SSSR count). The first-order valence-electron chi connectivity index (χ1n) is 13.4. The molecule has 12 heteroatoms. The number of benzene rings is 2. The number of carbonyl (C=O) groups excluding carboxylic acids is 1. The van der Waals surface area contributed by atoms with Crippen molar-refractivity contribution in [3.63, 3.8) is 0 Å². The van der Waals surface area contributed by atoms with Crippen molar-refractivity contribution in [3.05, 3.63) is 59.9 Å². The molecule has 1 unspecified atom stereocenters. The number of nitrogens with zero attached hydrogens (tertiary/aromatic N) is 2. The summed E-state index contributed by atoms with van der Waals surface area (Å²) in [6, 6.07) is 5.40. The third-order valence-electron chi connectivity index (χ3n) is 7.33. The Hall–Kier alpha value is -3.09. The number of carbonyl (C=O) groups is 1. The van der Waals surface area contributed by atoms with Crippen molar-refractivity contribution in [2.75, 3.05) is 51.0 Å². The normalized spacial score (nSPS) is 21.1. The molecular weight excluding hydrogens is 558 g/mol. The molecule has 1 amide bonds. The summed E-state index contributed by atoms with van der Waals surface area (Å²) in [6.07, 6.45) is -3.48. The Morgan fingerprint density at radius 1 is 1.24 bits per heavy atom. The average Bonchev–Trinajstić information content (AvgIpc) is 3.14. The van der Waals surface area contributed by atoms with Gasteiger partial charge < -0.3 is 25.2 Å². The van der Waals surface area contributed by atoms with E-state index in [-0.39, 0.29) is 59.6 Å². The molecule has 0 aliphatic carbocycles. The molecule has 2 aromatic carbocycles. The zero-order valence-electron chi connectivity index (χ0n) is 23.3. The molecule has 41 heavy (non-hydrogen) atoms. The van der Waals surface area contributed by atoms with E-state index < -0.39 is 17.6 Å². The van der Waals surface area contributed by atoms with E-state index in [2.05, 4.69) is 17.2 Å². The second kappa shape index (κ2) is 12.8. The van der Waals surface area contributed by atoms with Crippen LogP contribution in [0.3, 0.4) is 0 Å². The van der Waals surface area contributed by atoms with E-state index >= 15 is 0 Å². The van der Waals surface area contributed by atoms with Crippen molar-refractivity contribution in [1.82, 2.24) is 15.1 Å². The van der Waals surface area contributed by atoms with Crippen LogP contribution in [-0.4, -0.2) is 85.3 Å². The summed E-state index contributed by atoms with van der Waals surface area (Å²) in [7, 11) is 1.60. The molecule has 2 aliphatic rings. The number of anilines is 1. The van der Waals surface area contributed by atoms with Crippen molar-refractivity contribution in [1.29, 1.82) is 5.41 Å². The molecular formula is C29H35F4N5O2S. The maximum absolute atomic E-state index is 14.7. The lowest BCUT2D eigenvalue weighted by Gasteiger charge is -2.45. The Morgan fingerprint density at radius 2 is 1.90 bits per heavy atom. The molecule has 0 saturated carbocycles. The number of amidine groups is 1. The molecule has 7 nitrogen and oxygen atoms in total. The number of hydrogen-bond donors (Lipinski definition) is 3. The predicted octanol–water partition coefficient (Wildman–Crippen LogP) is 5.07. The number of ether oxygens (including phenoxy) is 1. The van der Waals surface area contributed by atoms with Crippen LogP contribution in [0, 0.1) is 11.2 Å². The Morgan fingerprint density at radius 3 is 2.49 bits per heavy atom. The molecule has 0 spiro atoms. The van der Waals surface area contributed by atoms with E-state index in [1.54, 1.807) is 16.9 Å². The van der Waals surface area contributed by atoms with Gasteiger partial charge in [0.25, 0.3) is 0 Å². The fourth-order valence-corrected chi connectivity index (χ4v) is 6.77. The number of methoxy groups -OCH3 is 1. The largest absolute Gasteiger partial charge is 0.417 e. The molecule has 3 N–H and O–H groups in total. The topological polar surface area (TPSA) is 80.7 Å². The van der Waals surface area contributed by atoms with E-state index in [0.29, 0.717) is 36.0 Å². The van der Waals surface area contributed by atoms with Crippen LogP contribution in [0.5, 0.6) is 0 Å². The highest BCUT2D eigenvalue weighted by molar-refractivity contribution is 7.99. The Labute approximate surface area is 241 Å². The van der Waals surface area contributed by atoms with Crippen molar-refractivity contribution in [2.24, 2.45) is 0 Å². The van der Waals surface area contributed by atoms with Gasteiger partial charge >= 0.3 is 6.18 Å². The molecule has 222 valence electrons. The highest BCUT2D eigenvalue weighted by atomic mass is 32.2. The first kappa shape index (κ1) is 30.9. The molecule has 0 bridgehead atoms. The van der Waals surface area contributed by atoms with Crippen LogP contribution >= 0.6 is 11.8 Å². The van der Waals surface area contributed by atoms with Gasteiger partial charge in [-0.1, -0.05) is 18.7 Å². The van der Waals surface area contributed by atoms with Gasteiger partial charge in [-0.3, -0.25) is 10.2 Å². The number of alkyl halides is 3. The van der Waals surface area contributed by atoms with E-state index in [9.17, 15) is 22.4 Å². The summed E-state index contributed by atoms with van der Waals surface area (Å²) in [5.74, 6) is -0.348. The van der Waals surface area contributed by atoms with E-state index in [4.69, 9.17) is 10.1 Å². The number of nitrogens with one attached hydrogen (secondary N) is 3. The van der Waals surface area contributed by atoms with Gasteiger partial charge in [-0.05, 0) is 43.7 Å². The van der Waals surface area contributed by atoms with Crippen LogP contribution in [0.2, 0.25) is 0 Å². The Kier molecular flexibility index (Phi) is 9.66. The fraction of sp³-hybridized carbons (Fsp3) is 0.448. The van der Waals surface area contributed by atoms with Gasteiger partial charge in [0.1, 0.15) is 11.7 Å². The number of amides is 1. The van der Waals surface area contributed by atoms with Crippen LogP contribution < -0.4 is 10.6 Å². The molecule has 2 aromatic rings. The quantitative estimate of drug-likeness (QED) is 0.137. The van der Waals surface area contributed by atoms with Crippen molar-refractivity contribution in [3.8, 4) is 11.1 Å². The third kappa shape index (κ3) is 6.70. The molecule has 2 aliphatic heterocycles. The van der Waals surface area contributed by atoms with Crippen LogP contribution in [0.4, 0.5) is 23.2 Å². The smallest absolute Gasteiger partial charge is 0.383 e. The maximum atomic E-state index is 14.7. The molecule has 1 saturated heterocycles. The highest BCUT2D eigenvalue weighted by Crippen LogP contribution is 2.48. The summed E-state index contributed by atoms with van der Waals surface area (Å²) >= 11 is 1.28. The van der Waals surface area contributed by atoms with Gasteiger partial charge in [0.15, 0.2) is 0 Å². The molecule has 1 fully saturated rings. The number of rotatable bonds is 7. The second-order valence-electron chi connectivity index (χ2n) is 10.3. The first-order chi connectivity index (χ1) is 19.5. The lowest BCUT2D eigenvalue weighted by atomic mass is 9.94. The monoisotopic (exact) mass is 593 g/mol. The molecule has 0 aromatic heterocycles. The summed E-state index contributed by atoms with van der Waals surface area (Å²) in [4.78, 5) is 16.2. The summed E-state index contributed by atoms with van der Waals surface area (Å²) in [5, 5.41) is 15.8. The van der Waals surface area contributed by atoms with Gasteiger partial charge in [-0.2, -0.15) is 13.2 Å². The van der Waals surface area contributed by atoms with Crippen LogP contribution in [0.15, 0.2) is 47.9 Å². The van der Waals surface area contributed by atoms with Crippen LogP contribution in [0.1, 0.15) is 25.0 Å². The first-order valence-corrected chi connectivity index (χ1v) is 14.4. The zero-order valence-corrected chi connectivity index (χ0v) is 24.1. The summed E-state index contributed by atoms with van der Waals surface area (Å²) in [5.41, 5.74) is -0.113. The van der Waals surface area contributed by atoms with Crippen LogP contribution in [0.25, 0.3) is 11.1 Å². The Balaban J connectivity index is 1.82. The number of fused-ring (bicyclic) bond motifs is 1. The third-order valence-corrected chi connectivity index (χ3v) is 8.60. The van der Waals surface area contributed by atoms with Gasteiger partial charge in [-0.25, -0.2) is 4.39 Å². The summed E-state index contributed by atoms with van der Waals surface area (Å²) < 4.78 is 62.9. The fourth-order valence-electron chi connectivity index (χ4n) is 5.47. The maximum Gasteiger partial charge on any atom is 0.417 e. The predicted molar refractivity (Wildman–Crippen MR) is 154 cm³/mol. The Bertz CT molecular complexity index is 1280. The molecule has 0 radical (unpaired) electrons. The SMILES string of the molecule is C=CC(=O)N1[C@H](C)CN(C(=N)c2cc(C(F)(F)F)c(-c3ccc(F)cc3)c3c2NCC(NCCOC)CS3)C[C@@H]1C. The second-order valence-corrected chi connectivity index (χ2v) is 11.3. The number of piperazine rings is 1. The summed E-state index contributed by atoms with van der Waals surface area (Å²) in [6.45, 7) is 9.32. The lowest BCUT2D eigenvalue weighted by Crippen LogP contribution is -2.59. The van der Waals surface area contributed by atoms with E-state index in [1.165, 1.54) is 30.0 Å². The standard InChI is InChI=1S/C29H35F4N5O2S/c1-5-24(39)38-17(2)14-37(15-18(38)3)28(34)22-12-23(29(31,32)33)25(19-6-8-20(30)9-7-19)27-26(22)36-13-21(16-41-27)35-10-11-40-4/h5-9,12,17-18,21,34-36H,1,10-11,13-16H2,2-4H3/t17-,18+,21?. The lowest BCUT2D eigenvalue weighted by molar-refractivity contribution is -0.137. The zero-order chi connectivity index (χ0) is 29.9. The van der Waals surface area contributed by atoms with Crippen molar-refractivity contribution >= 4 is 29.2 Å². The van der Waals surface area contributed by atoms with Gasteiger partial charge in [0, 0.05) is 73.2 Å². The minimum atomic E-state index is -4.73. The van der Waals surface area contributed by atoms with Crippen LogP contribution in [-0.2, 0) is 15.7 Å². The highest BCUT2D eigenvalue weighted by Gasteiger charge is 2.40. The average molecular weight is 594 g/mol. The van der Waals surface area contributed by atoms with Gasteiger partial charge in [0.2, 0.25) is 5.91 Å². The van der Waals surface area contributed by atoms with Crippen molar-refractivity contribution < 1.29 is 27.1 Å². The van der Waals surface area contributed by atoms with E-state index in [1.807, 2.05) is 13.8 Å². The number of halogens is 4. The minimum Gasteiger partial charge on any atom is -0.383 e.